The van der Waals surface area contributed by atoms with Crippen LogP contribution in [-0.4, -0.2) is 21.6 Å². The average molecular weight is 235 g/mol. The van der Waals surface area contributed by atoms with Crippen molar-refractivity contribution in [3.63, 3.8) is 0 Å². The number of aliphatic hydroxyl groups is 1. The molecule has 0 radical (unpaired) electrons. The molecule has 0 spiro atoms. The van der Waals surface area contributed by atoms with Gasteiger partial charge in [-0.05, 0) is 25.8 Å². The van der Waals surface area contributed by atoms with Crippen molar-refractivity contribution in [2.75, 3.05) is 6.54 Å². The number of hydrogen-bond donors (Lipinski definition) is 2. The van der Waals surface area contributed by atoms with E-state index < -0.39 is 6.10 Å². The highest BCUT2D eigenvalue weighted by atomic mass is 16.3. The SMILES string of the molecule is Cc1cc(C2CCCCC2)nc(C(O)CN)n1. The summed E-state index contributed by atoms with van der Waals surface area (Å²) in [5.41, 5.74) is 7.46. The van der Waals surface area contributed by atoms with Gasteiger partial charge in [0.05, 0.1) is 0 Å². The van der Waals surface area contributed by atoms with Gasteiger partial charge in [-0.3, -0.25) is 0 Å². The van der Waals surface area contributed by atoms with E-state index >= 15 is 0 Å². The van der Waals surface area contributed by atoms with Crippen LogP contribution >= 0.6 is 0 Å². The van der Waals surface area contributed by atoms with Gasteiger partial charge in [-0.15, -0.1) is 0 Å². The molecule has 3 N–H and O–H groups in total. The maximum atomic E-state index is 9.73. The number of rotatable bonds is 3. The predicted molar refractivity (Wildman–Crippen MR) is 66.6 cm³/mol. The van der Waals surface area contributed by atoms with Gasteiger partial charge in [0.15, 0.2) is 5.82 Å². The molecule has 1 fully saturated rings. The van der Waals surface area contributed by atoms with Crippen molar-refractivity contribution in [3.8, 4) is 0 Å². The first-order chi connectivity index (χ1) is 8.20. The van der Waals surface area contributed by atoms with Crippen molar-refractivity contribution in [3.05, 3.63) is 23.3 Å². The van der Waals surface area contributed by atoms with E-state index in [0.29, 0.717) is 11.7 Å². The number of aromatic nitrogens is 2. The van der Waals surface area contributed by atoms with Gasteiger partial charge < -0.3 is 10.8 Å². The zero-order chi connectivity index (χ0) is 12.3. The summed E-state index contributed by atoms with van der Waals surface area (Å²) in [6.45, 7) is 2.12. The van der Waals surface area contributed by atoms with Crippen molar-refractivity contribution >= 4 is 0 Å². The second-order valence-corrected chi connectivity index (χ2v) is 4.88. The first kappa shape index (κ1) is 12.5. The highest BCUT2D eigenvalue weighted by Crippen LogP contribution is 2.32. The fraction of sp³-hybridized carbons (Fsp3) is 0.692. The Labute approximate surface area is 102 Å². The molecule has 1 saturated carbocycles. The van der Waals surface area contributed by atoms with E-state index in [1.54, 1.807) is 0 Å². The molecule has 4 heteroatoms. The van der Waals surface area contributed by atoms with E-state index in [9.17, 15) is 5.11 Å². The lowest BCUT2D eigenvalue weighted by Gasteiger charge is -2.22. The molecule has 1 aromatic heterocycles. The van der Waals surface area contributed by atoms with Crippen LogP contribution in [0.2, 0.25) is 0 Å². The van der Waals surface area contributed by atoms with Gasteiger partial charge in [-0.25, -0.2) is 9.97 Å². The largest absolute Gasteiger partial charge is 0.384 e. The molecule has 2 rings (SSSR count). The summed E-state index contributed by atoms with van der Waals surface area (Å²) in [6, 6.07) is 2.04. The lowest BCUT2D eigenvalue weighted by molar-refractivity contribution is 0.175. The molecule has 94 valence electrons. The number of nitrogens with two attached hydrogens (primary N) is 1. The van der Waals surface area contributed by atoms with Gasteiger partial charge in [-0.1, -0.05) is 19.3 Å². The maximum Gasteiger partial charge on any atom is 0.158 e. The van der Waals surface area contributed by atoms with Crippen LogP contribution in [0.4, 0.5) is 0 Å². The van der Waals surface area contributed by atoms with Gasteiger partial charge in [-0.2, -0.15) is 0 Å². The first-order valence-electron chi connectivity index (χ1n) is 6.44. The molecule has 1 heterocycles. The van der Waals surface area contributed by atoms with Gasteiger partial charge in [0.25, 0.3) is 0 Å². The Morgan fingerprint density at radius 2 is 2.06 bits per heavy atom. The van der Waals surface area contributed by atoms with Crippen LogP contribution in [0.5, 0.6) is 0 Å². The summed E-state index contributed by atoms with van der Waals surface area (Å²) >= 11 is 0. The second kappa shape index (κ2) is 5.56. The van der Waals surface area contributed by atoms with Crippen molar-refractivity contribution in [2.24, 2.45) is 5.73 Å². The Hall–Kier alpha value is -1.00. The topological polar surface area (TPSA) is 72.0 Å². The summed E-state index contributed by atoms with van der Waals surface area (Å²) in [4.78, 5) is 8.75. The van der Waals surface area contributed by atoms with E-state index in [4.69, 9.17) is 5.73 Å². The molecular formula is C13H21N3O. The van der Waals surface area contributed by atoms with Crippen LogP contribution < -0.4 is 5.73 Å². The Bertz CT molecular complexity index is 375. The molecule has 1 aliphatic rings. The molecule has 1 unspecified atom stereocenters. The van der Waals surface area contributed by atoms with Gasteiger partial charge in [0.2, 0.25) is 0 Å². The molecule has 0 saturated heterocycles. The quantitative estimate of drug-likeness (QED) is 0.838. The summed E-state index contributed by atoms with van der Waals surface area (Å²) in [5, 5.41) is 9.73. The minimum atomic E-state index is -0.739. The predicted octanol–water partition coefficient (Wildman–Crippen LogP) is 1.82. The highest BCUT2D eigenvalue weighted by Gasteiger charge is 2.19. The summed E-state index contributed by atoms with van der Waals surface area (Å²) in [6.07, 6.45) is 5.56. The monoisotopic (exact) mass is 235 g/mol. The lowest BCUT2D eigenvalue weighted by Crippen LogP contribution is -2.17. The number of aliphatic hydroxyl groups excluding tert-OH is 1. The van der Waals surface area contributed by atoms with Crippen molar-refractivity contribution < 1.29 is 5.11 Å². The summed E-state index contributed by atoms with van der Waals surface area (Å²) in [5.74, 6) is 1.02. The van der Waals surface area contributed by atoms with Gasteiger partial charge in [0.1, 0.15) is 6.10 Å². The fourth-order valence-electron chi connectivity index (χ4n) is 2.48. The molecule has 0 amide bonds. The smallest absolute Gasteiger partial charge is 0.158 e. The normalized spacial score (nSPS) is 19.2. The molecule has 4 nitrogen and oxygen atoms in total. The number of aryl methyl sites for hydroxylation is 1. The maximum absolute atomic E-state index is 9.73. The highest BCUT2D eigenvalue weighted by molar-refractivity contribution is 5.16. The van der Waals surface area contributed by atoms with Gasteiger partial charge in [0, 0.05) is 23.9 Å². The molecule has 0 aliphatic heterocycles. The third-order valence-electron chi connectivity index (χ3n) is 3.44. The Kier molecular flexibility index (Phi) is 4.07. The van der Waals surface area contributed by atoms with Crippen LogP contribution in [0.15, 0.2) is 6.07 Å². The van der Waals surface area contributed by atoms with Gasteiger partial charge >= 0.3 is 0 Å². The van der Waals surface area contributed by atoms with Crippen LogP contribution in [0.3, 0.4) is 0 Å². The Balaban J connectivity index is 2.24. The fourth-order valence-corrected chi connectivity index (χ4v) is 2.48. The van der Waals surface area contributed by atoms with Crippen LogP contribution in [-0.2, 0) is 0 Å². The molecule has 0 bridgehead atoms. The number of hydrogen-bond acceptors (Lipinski definition) is 4. The van der Waals surface area contributed by atoms with Crippen LogP contribution in [0.1, 0.15) is 61.3 Å². The zero-order valence-electron chi connectivity index (χ0n) is 10.4. The average Bonchev–Trinajstić information content (AvgIpc) is 2.38. The minimum absolute atomic E-state index is 0.174. The van der Waals surface area contributed by atoms with E-state index in [-0.39, 0.29) is 6.54 Å². The van der Waals surface area contributed by atoms with Crippen LogP contribution in [0, 0.1) is 6.92 Å². The first-order valence-corrected chi connectivity index (χ1v) is 6.44. The summed E-state index contributed by atoms with van der Waals surface area (Å²) in [7, 11) is 0. The minimum Gasteiger partial charge on any atom is -0.384 e. The van der Waals surface area contributed by atoms with Crippen molar-refractivity contribution in [1.29, 1.82) is 0 Å². The molecule has 0 aromatic carbocycles. The van der Waals surface area contributed by atoms with Crippen molar-refractivity contribution in [2.45, 2.75) is 51.0 Å². The van der Waals surface area contributed by atoms with E-state index in [1.807, 2.05) is 13.0 Å². The number of nitrogens with zero attached hydrogens (tertiary/aromatic N) is 2. The van der Waals surface area contributed by atoms with Crippen LogP contribution in [0.25, 0.3) is 0 Å². The third kappa shape index (κ3) is 3.01. The molecule has 17 heavy (non-hydrogen) atoms. The van der Waals surface area contributed by atoms with E-state index in [2.05, 4.69) is 9.97 Å². The third-order valence-corrected chi connectivity index (χ3v) is 3.44. The summed E-state index contributed by atoms with van der Waals surface area (Å²) < 4.78 is 0. The van der Waals surface area contributed by atoms with E-state index in [1.165, 1.54) is 32.1 Å². The molecule has 1 atom stereocenters. The molecular weight excluding hydrogens is 214 g/mol. The van der Waals surface area contributed by atoms with E-state index in [0.717, 1.165) is 11.4 Å². The molecule has 1 aliphatic carbocycles. The zero-order valence-corrected chi connectivity index (χ0v) is 10.4. The Morgan fingerprint density at radius 3 is 2.71 bits per heavy atom. The Morgan fingerprint density at radius 1 is 1.35 bits per heavy atom. The van der Waals surface area contributed by atoms with Crippen molar-refractivity contribution in [1.82, 2.24) is 9.97 Å². The lowest BCUT2D eigenvalue weighted by atomic mass is 9.86. The second-order valence-electron chi connectivity index (χ2n) is 4.88. The molecule has 1 aromatic rings. The standard InChI is InChI=1S/C13H21N3O/c1-9-7-11(10-5-3-2-4-6-10)16-13(15-9)12(17)8-14/h7,10,12,17H,2-6,8,14H2,1H3.